The van der Waals surface area contributed by atoms with Gasteiger partial charge in [0.15, 0.2) is 11.5 Å². The Balaban J connectivity index is 1.97. The number of thioether (sulfide) groups is 1. The summed E-state index contributed by atoms with van der Waals surface area (Å²) in [6, 6.07) is 8.06. The van der Waals surface area contributed by atoms with Crippen LogP contribution >= 0.6 is 23.4 Å². The van der Waals surface area contributed by atoms with E-state index in [1.807, 2.05) is 30.5 Å². The molecule has 0 radical (unpaired) electrons. The molecule has 0 aliphatic rings. The number of hydrogen-bond donors (Lipinski definition) is 2. The maximum absolute atomic E-state index is 5.88. The smallest absolute Gasteiger partial charge is 0.226 e. The molecule has 0 spiro atoms. The lowest BCUT2D eigenvalue weighted by Gasteiger charge is -2.07. The zero-order chi connectivity index (χ0) is 13.2. The first-order valence-corrected chi connectivity index (χ1v) is 7.14. The van der Waals surface area contributed by atoms with Crippen molar-refractivity contribution in [2.75, 3.05) is 11.6 Å². The van der Waals surface area contributed by atoms with Crippen molar-refractivity contribution >= 4 is 46.0 Å². The second kappa shape index (κ2) is 5.07. The van der Waals surface area contributed by atoms with Gasteiger partial charge in [-0.3, -0.25) is 0 Å². The third-order valence-electron chi connectivity index (χ3n) is 2.61. The van der Waals surface area contributed by atoms with Gasteiger partial charge >= 0.3 is 0 Å². The molecular weight excluding hydrogens is 282 g/mol. The van der Waals surface area contributed by atoms with Gasteiger partial charge in [0.05, 0.1) is 6.33 Å². The van der Waals surface area contributed by atoms with Gasteiger partial charge in [-0.2, -0.15) is 9.97 Å². The summed E-state index contributed by atoms with van der Waals surface area (Å²) < 4.78 is 0. The van der Waals surface area contributed by atoms with E-state index in [1.165, 1.54) is 4.90 Å². The molecule has 0 unspecified atom stereocenters. The Morgan fingerprint density at radius 3 is 2.74 bits per heavy atom. The number of rotatable bonds is 3. The molecular formula is C12H10ClN5S. The summed E-state index contributed by atoms with van der Waals surface area (Å²) in [5.41, 5.74) is 2.21. The summed E-state index contributed by atoms with van der Waals surface area (Å²) in [5.74, 6) is 0.615. The molecule has 0 fully saturated rings. The number of fused-ring (bicyclic) bond motifs is 1. The number of nitrogens with zero attached hydrogens (tertiary/aromatic N) is 3. The van der Waals surface area contributed by atoms with Crippen LogP contribution < -0.4 is 5.32 Å². The number of imidazole rings is 1. The van der Waals surface area contributed by atoms with Gasteiger partial charge in [-0.05, 0) is 42.1 Å². The summed E-state index contributed by atoms with van der Waals surface area (Å²) in [7, 11) is 0. The number of benzene rings is 1. The molecule has 0 aliphatic heterocycles. The molecule has 0 saturated carbocycles. The standard InChI is InChI=1S/C12H10ClN5S/c1-19-8-4-2-7(3-5-8)16-11-9-10(15-6-14-9)17-12(13)18-11/h2-6H,1H3,(H2,14,15,16,17,18). The van der Waals surface area contributed by atoms with Crippen molar-refractivity contribution in [2.45, 2.75) is 4.90 Å². The molecule has 96 valence electrons. The molecule has 0 aliphatic carbocycles. The fourth-order valence-corrected chi connectivity index (χ4v) is 2.28. The number of aromatic nitrogens is 4. The van der Waals surface area contributed by atoms with E-state index in [1.54, 1.807) is 18.1 Å². The van der Waals surface area contributed by atoms with Crippen LogP contribution in [-0.2, 0) is 0 Å². The highest BCUT2D eigenvalue weighted by Gasteiger charge is 2.08. The Labute approximate surface area is 118 Å². The van der Waals surface area contributed by atoms with Crippen molar-refractivity contribution < 1.29 is 0 Å². The third kappa shape index (κ3) is 2.50. The molecule has 0 amide bonds. The van der Waals surface area contributed by atoms with Gasteiger partial charge in [-0.1, -0.05) is 0 Å². The van der Waals surface area contributed by atoms with Crippen LogP contribution in [0.25, 0.3) is 11.2 Å². The zero-order valence-corrected chi connectivity index (χ0v) is 11.6. The molecule has 0 atom stereocenters. The Morgan fingerprint density at radius 2 is 2.00 bits per heavy atom. The van der Waals surface area contributed by atoms with E-state index in [0.717, 1.165) is 11.2 Å². The highest BCUT2D eigenvalue weighted by atomic mass is 35.5. The maximum atomic E-state index is 5.88. The first-order chi connectivity index (χ1) is 9.26. The van der Waals surface area contributed by atoms with Crippen molar-refractivity contribution in [2.24, 2.45) is 0 Å². The van der Waals surface area contributed by atoms with E-state index in [-0.39, 0.29) is 5.28 Å². The highest BCUT2D eigenvalue weighted by Crippen LogP contribution is 2.24. The van der Waals surface area contributed by atoms with Gasteiger partial charge in [0, 0.05) is 10.6 Å². The monoisotopic (exact) mass is 291 g/mol. The molecule has 2 N–H and O–H groups in total. The van der Waals surface area contributed by atoms with Gasteiger partial charge in [-0.15, -0.1) is 11.8 Å². The SMILES string of the molecule is CSc1ccc(Nc2nc(Cl)nc3nc[nH]c23)cc1. The molecule has 19 heavy (non-hydrogen) atoms. The van der Waals surface area contributed by atoms with Crippen molar-refractivity contribution in [1.82, 2.24) is 19.9 Å². The lowest BCUT2D eigenvalue weighted by Crippen LogP contribution is -1.97. The Kier molecular flexibility index (Phi) is 3.27. The van der Waals surface area contributed by atoms with Gasteiger partial charge in [-0.25, -0.2) is 4.98 Å². The minimum atomic E-state index is 0.169. The van der Waals surface area contributed by atoms with E-state index in [2.05, 4.69) is 25.3 Å². The quantitative estimate of drug-likeness (QED) is 0.571. The summed E-state index contributed by atoms with van der Waals surface area (Å²) in [6.45, 7) is 0. The molecule has 2 aromatic heterocycles. The van der Waals surface area contributed by atoms with E-state index in [0.29, 0.717) is 11.5 Å². The van der Waals surface area contributed by atoms with Crippen LogP contribution in [0, 0.1) is 0 Å². The van der Waals surface area contributed by atoms with Crippen LogP contribution in [0.5, 0.6) is 0 Å². The van der Waals surface area contributed by atoms with Gasteiger partial charge < -0.3 is 10.3 Å². The predicted molar refractivity (Wildman–Crippen MR) is 78.2 cm³/mol. The predicted octanol–water partition coefficient (Wildman–Crippen LogP) is 3.47. The molecule has 3 rings (SSSR count). The maximum Gasteiger partial charge on any atom is 0.226 e. The summed E-state index contributed by atoms with van der Waals surface area (Å²) in [4.78, 5) is 16.5. The van der Waals surface area contributed by atoms with E-state index >= 15 is 0 Å². The number of nitrogens with one attached hydrogen (secondary N) is 2. The molecule has 3 aromatic rings. The van der Waals surface area contributed by atoms with Crippen LogP contribution in [0.15, 0.2) is 35.5 Å². The van der Waals surface area contributed by atoms with Crippen LogP contribution in [0.2, 0.25) is 5.28 Å². The Hall–Kier alpha value is -1.79. The second-order valence-electron chi connectivity index (χ2n) is 3.80. The summed E-state index contributed by atoms with van der Waals surface area (Å²) >= 11 is 7.57. The van der Waals surface area contributed by atoms with Crippen molar-refractivity contribution in [3.63, 3.8) is 0 Å². The average Bonchev–Trinajstić information content (AvgIpc) is 2.88. The largest absolute Gasteiger partial charge is 0.340 e. The van der Waals surface area contributed by atoms with Gasteiger partial charge in [0.2, 0.25) is 5.28 Å². The first kappa shape index (κ1) is 12.3. The van der Waals surface area contributed by atoms with Gasteiger partial charge in [0.25, 0.3) is 0 Å². The lowest BCUT2D eigenvalue weighted by molar-refractivity contribution is 1.20. The van der Waals surface area contributed by atoms with E-state index in [9.17, 15) is 0 Å². The summed E-state index contributed by atoms with van der Waals surface area (Å²) in [5, 5.41) is 3.38. The molecule has 7 heteroatoms. The van der Waals surface area contributed by atoms with Gasteiger partial charge in [0.1, 0.15) is 5.52 Å². The van der Waals surface area contributed by atoms with Crippen LogP contribution in [0.4, 0.5) is 11.5 Å². The molecule has 0 saturated heterocycles. The van der Waals surface area contributed by atoms with Crippen LogP contribution in [-0.4, -0.2) is 26.2 Å². The van der Waals surface area contributed by atoms with Crippen molar-refractivity contribution in [3.05, 3.63) is 35.9 Å². The number of anilines is 2. The van der Waals surface area contributed by atoms with E-state index in [4.69, 9.17) is 11.6 Å². The molecule has 5 nitrogen and oxygen atoms in total. The third-order valence-corrected chi connectivity index (χ3v) is 3.52. The number of aromatic amines is 1. The first-order valence-electron chi connectivity index (χ1n) is 5.54. The molecule has 1 aromatic carbocycles. The van der Waals surface area contributed by atoms with Crippen molar-refractivity contribution in [3.8, 4) is 0 Å². The average molecular weight is 292 g/mol. The molecule has 2 heterocycles. The molecule has 0 bridgehead atoms. The second-order valence-corrected chi connectivity index (χ2v) is 5.01. The van der Waals surface area contributed by atoms with Crippen LogP contribution in [0.3, 0.4) is 0 Å². The normalized spacial score (nSPS) is 10.8. The fourth-order valence-electron chi connectivity index (χ4n) is 1.71. The van der Waals surface area contributed by atoms with E-state index < -0.39 is 0 Å². The lowest BCUT2D eigenvalue weighted by atomic mass is 10.3. The number of H-pyrrole nitrogens is 1. The minimum Gasteiger partial charge on any atom is -0.340 e. The highest BCUT2D eigenvalue weighted by molar-refractivity contribution is 7.98. The number of hydrogen-bond acceptors (Lipinski definition) is 5. The topological polar surface area (TPSA) is 66.5 Å². The minimum absolute atomic E-state index is 0.169. The van der Waals surface area contributed by atoms with Crippen molar-refractivity contribution in [1.29, 1.82) is 0 Å². The summed E-state index contributed by atoms with van der Waals surface area (Å²) in [6.07, 6.45) is 3.61. The fraction of sp³-hybridized carbons (Fsp3) is 0.0833. The Morgan fingerprint density at radius 1 is 1.21 bits per heavy atom. The Bertz CT molecular complexity index is 710. The zero-order valence-electron chi connectivity index (χ0n) is 10.0. The van der Waals surface area contributed by atoms with Crippen LogP contribution in [0.1, 0.15) is 0 Å². The number of halogens is 1.